The zero-order valence-corrected chi connectivity index (χ0v) is 22.0. The van der Waals surface area contributed by atoms with Crippen molar-refractivity contribution in [2.45, 2.75) is 53.2 Å². The summed E-state index contributed by atoms with van der Waals surface area (Å²) < 4.78 is 11.9. The second kappa shape index (κ2) is 9.78. The number of benzene rings is 2. The van der Waals surface area contributed by atoms with E-state index in [4.69, 9.17) is 20.8 Å². The lowest BCUT2D eigenvalue weighted by Gasteiger charge is -2.22. The Bertz CT molecular complexity index is 1500. The highest BCUT2D eigenvalue weighted by Crippen LogP contribution is 2.33. The average molecular weight is 505 g/mol. The molecule has 2 aromatic heterocycles. The topological polar surface area (TPSA) is 81.4 Å². The van der Waals surface area contributed by atoms with Crippen molar-refractivity contribution in [1.29, 1.82) is 0 Å². The number of anilines is 1. The Morgan fingerprint density at radius 3 is 2.44 bits per heavy atom. The zero-order chi connectivity index (χ0) is 26.2. The minimum atomic E-state index is -0.689. The number of rotatable bonds is 5. The Balaban J connectivity index is 1.82. The summed E-state index contributed by atoms with van der Waals surface area (Å²) in [6, 6.07) is 16.3. The largest absolute Gasteiger partial charge is 0.455 e. The van der Waals surface area contributed by atoms with Gasteiger partial charge < -0.3 is 14.5 Å². The van der Waals surface area contributed by atoms with Crippen LogP contribution in [-0.4, -0.2) is 16.6 Å². The molecule has 1 N–H and O–H groups in total. The third-order valence-corrected chi connectivity index (χ3v) is 5.93. The molecule has 0 fully saturated rings. The number of pyridine rings is 1. The zero-order valence-electron chi connectivity index (χ0n) is 21.2. The molecule has 0 aliphatic rings. The van der Waals surface area contributed by atoms with Crippen molar-refractivity contribution in [3.63, 3.8) is 0 Å². The van der Waals surface area contributed by atoms with E-state index in [9.17, 15) is 9.59 Å². The molecule has 0 saturated heterocycles. The van der Waals surface area contributed by atoms with Gasteiger partial charge in [-0.3, -0.25) is 4.79 Å². The maximum atomic E-state index is 13.4. The molecular formula is C29H29ClN2O4. The van der Waals surface area contributed by atoms with Crippen molar-refractivity contribution in [1.82, 2.24) is 4.98 Å². The molecule has 0 aliphatic carbocycles. The number of carbonyl (C=O) groups excluding carboxylic acids is 1. The van der Waals surface area contributed by atoms with Crippen molar-refractivity contribution in [3.8, 4) is 11.3 Å². The fraction of sp³-hybridized carbons (Fsp3) is 0.276. The molecule has 186 valence electrons. The first-order valence-corrected chi connectivity index (χ1v) is 12.1. The molecule has 0 radical (unpaired) electrons. The predicted octanol–water partition coefficient (Wildman–Crippen LogP) is 7.25. The van der Waals surface area contributed by atoms with Gasteiger partial charge >= 0.3 is 5.97 Å². The van der Waals surface area contributed by atoms with Crippen LogP contribution in [0.5, 0.6) is 0 Å². The second-order valence-electron chi connectivity index (χ2n) is 9.88. The Morgan fingerprint density at radius 2 is 1.78 bits per heavy atom. The number of ether oxygens (including phenoxy) is 1. The third kappa shape index (κ3) is 5.29. The molecule has 36 heavy (non-hydrogen) atoms. The minimum absolute atomic E-state index is 0.0742. The Labute approximate surface area is 215 Å². The Morgan fingerprint density at radius 1 is 1.08 bits per heavy atom. The molecule has 0 aliphatic heterocycles. The highest BCUT2D eigenvalue weighted by molar-refractivity contribution is 6.29. The molecule has 0 unspecified atom stereocenters. The van der Waals surface area contributed by atoms with Crippen LogP contribution in [0.2, 0.25) is 5.15 Å². The van der Waals surface area contributed by atoms with Gasteiger partial charge in [-0.25, -0.2) is 9.78 Å². The molecule has 6 nitrogen and oxygen atoms in total. The summed E-state index contributed by atoms with van der Waals surface area (Å²) in [7, 11) is 0. The lowest BCUT2D eigenvalue weighted by atomic mass is 9.98. The summed E-state index contributed by atoms with van der Waals surface area (Å²) in [5, 5.41) is 4.05. The van der Waals surface area contributed by atoms with Gasteiger partial charge in [0.2, 0.25) is 0 Å². The van der Waals surface area contributed by atoms with Gasteiger partial charge in [0.15, 0.2) is 11.1 Å². The van der Waals surface area contributed by atoms with Crippen molar-refractivity contribution in [3.05, 3.63) is 92.4 Å². The fourth-order valence-corrected chi connectivity index (χ4v) is 4.25. The first-order valence-electron chi connectivity index (χ1n) is 11.7. The lowest BCUT2D eigenvalue weighted by molar-refractivity contribution is 0.00640. The molecule has 0 amide bonds. The smallest absolute Gasteiger partial charge is 0.359 e. The van der Waals surface area contributed by atoms with Crippen LogP contribution in [0.25, 0.3) is 22.3 Å². The van der Waals surface area contributed by atoms with Crippen molar-refractivity contribution in [2.24, 2.45) is 0 Å². The molecule has 0 spiro atoms. The predicted molar refractivity (Wildman–Crippen MR) is 144 cm³/mol. The van der Waals surface area contributed by atoms with E-state index in [1.165, 1.54) is 0 Å². The summed E-state index contributed by atoms with van der Waals surface area (Å²) >= 11 is 6.10. The highest BCUT2D eigenvalue weighted by Gasteiger charge is 2.24. The third-order valence-electron chi connectivity index (χ3n) is 5.72. The molecular weight excluding hydrogens is 476 g/mol. The maximum absolute atomic E-state index is 13.4. The number of fused-ring (bicyclic) bond motifs is 1. The number of carbonyl (C=O) groups is 1. The fourth-order valence-electron chi connectivity index (χ4n) is 4.10. The number of nitrogens with zero attached hydrogens (tertiary/aromatic N) is 1. The number of aryl methyl sites for hydroxylation is 1. The van der Waals surface area contributed by atoms with Gasteiger partial charge in [0, 0.05) is 16.7 Å². The Kier molecular flexibility index (Phi) is 6.92. The van der Waals surface area contributed by atoms with Crippen molar-refractivity contribution < 1.29 is 13.9 Å². The van der Waals surface area contributed by atoms with E-state index in [0.29, 0.717) is 28.0 Å². The molecule has 1 atom stereocenters. The number of esters is 1. The van der Waals surface area contributed by atoms with Crippen LogP contribution in [0.15, 0.2) is 63.8 Å². The number of hydrogen-bond donors (Lipinski definition) is 1. The van der Waals surface area contributed by atoms with E-state index in [1.807, 2.05) is 56.3 Å². The second-order valence-corrected chi connectivity index (χ2v) is 10.3. The van der Waals surface area contributed by atoms with Crippen molar-refractivity contribution in [2.75, 3.05) is 5.32 Å². The molecule has 7 heteroatoms. The highest BCUT2D eigenvalue weighted by atomic mass is 35.5. The van der Waals surface area contributed by atoms with Crippen LogP contribution < -0.4 is 10.7 Å². The number of aromatic nitrogens is 1. The summed E-state index contributed by atoms with van der Waals surface area (Å²) in [6.07, 6.45) is 0. The molecule has 2 aromatic carbocycles. The monoisotopic (exact) mass is 504 g/mol. The number of hydrogen-bond acceptors (Lipinski definition) is 6. The molecule has 4 rings (SSSR count). The van der Waals surface area contributed by atoms with E-state index in [-0.39, 0.29) is 22.3 Å². The standard InChI is InChI=1S/C29H29ClN2O4/c1-16-14-20(18(3)31-22-12-13-23(30)32-24(22)28(34)36-29(4,5)6)27-21(15-16)25(33)17(2)26(35-27)19-10-8-7-9-11-19/h7-15,18,31H,1-6H3/t18-/m1/s1. The number of halogens is 1. The molecule has 0 bridgehead atoms. The van der Waals surface area contributed by atoms with Crippen LogP contribution in [0, 0.1) is 13.8 Å². The van der Waals surface area contributed by atoms with Crippen LogP contribution in [0.4, 0.5) is 5.69 Å². The normalized spacial score (nSPS) is 12.4. The van der Waals surface area contributed by atoms with Crippen molar-refractivity contribution >= 4 is 34.2 Å². The maximum Gasteiger partial charge on any atom is 0.359 e. The quantitative estimate of drug-likeness (QED) is 0.227. The molecule has 0 saturated carbocycles. The van der Waals surface area contributed by atoms with Gasteiger partial charge in [-0.1, -0.05) is 48.0 Å². The Hall–Kier alpha value is -3.64. The van der Waals surface area contributed by atoms with Gasteiger partial charge in [-0.15, -0.1) is 0 Å². The number of nitrogens with one attached hydrogen (secondary N) is 1. The lowest BCUT2D eigenvalue weighted by Crippen LogP contribution is -2.25. The average Bonchev–Trinajstić information content (AvgIpc) is 2.81. The summed E-state index contributed by atoms with van der Waals surface area (Å²) in [4.78, 5) is 30.4. The van der Waals surface area contributed by atoms with Gasteiger partial charge in [-0.2, -0.15) is 0 Å². The first-order chi connectivity index (χ1) is 16.9. The van der Waals surface area contributed by atoms with Crippen LogP contribution in [0.1, 0.15) is 60.9 Å². The van der Waals surface area contributed by atoms with Crippen LogP contribution >= 0.6 is 11.6 Å². The summed E-state index contributed by atoms with van der Waals surface area (Å²) in [5.41, 5.74) is 3.38. The van der Waals surface area contributed by atoms with Crippen LogP contribution in [-0.2, 0) is 4.74 Å². The van der Waals surface area contributed by atoms with Gasteiger partial charge in [0.1, 0.15) is 22.1 Å². The van der Waals surface area contributed by atoms with Gasteiger partial charge in [0.25, 0.3) is 0 Å². The first kappa shape index (κ1) is 25.5. The summed E-state index contributed by atoms with van der Waals surface area (Å²) in [6.45, 7) is 11.0. The van der Waals surface area contributed by atoms with E-state index >= 15 is 0 Å². The summed E-state index contributed by atoms with van der Waals surface area (Å²) in [5.74, 6) is -0.0460. The minimum Gasteiger partial charge on any atom is -0.455 e. The van der Waals surface area contributed by atoms with E-state index < -0.39 is 11.6 Å². The van der Waals surface area contributed by atoms with Gasteiger partial charge in [-0.05, 0) is 65.3 Å². The van der Waals surface area contributed by atoms with Crippen LogP contribution in [0.3, 0.4) is 0 Å². The SMILES string of the molecule is Cc1cc([C@@H](C)Nc2ccc(Cl)nc2C(=O)OC(C)(C)C)c2oc(-c3ccccc3)c(C)c(=O)c2c1. The van der Waals surface area contributed by atoms with E-state index in [0.717, 1.165) is 16.7 Å². The molecule has 2 heterocycles. The molecule has 4 aromatic rings. The van der Waals surface area contributed by atoms with Gasteiger partial charge in [0.05, 0.1) is 17.1 Å². The van der Waals surface area contributed by atoms with E-state index in [2.05, 4.69) is 10.3 Å². The van der Waals surface area contributed by atoms with E-state index in [1.54, 1.807) is 39.8 Å².